The van der Waals surface area contributed by atoms with Crippen LogP contribution >= 0.6 is 0 Å². The van der Waals surface area contributed by atoms with Crippen molar-refractivity contribution >= 4 is 10.2 Å². The van der Waals surface area contributed by atoms with Gasteiger partial charge in [0.15, 0.2) is 0 Å². The molecule has 0 aromatic rings. The molecule has 0 aromatic carbocycles. The van der Waals surface area contributed by atoms with Gasteiger partial charge in [-0.3, -0.25) is 0 Å². The highest BCUT2D eigenvalue weighted by atomic mass is 32.2. The van der Waals surface area contributed by atoms with E-state index in [0.29, 0.717) is 31.5 Å². The normalized spacial score (nSPS) is 26.2. The molecule has 104 valence electrons. The van der Waals surface area contributed by atoms with Gasteiger partial charge in [0, 0.05) is 32.6 Å². The van der Waals surface area contributed by atoms with Crippen LogP contribution in [0.15, 0.2) is 0 Å². The number of nitrogens with zero attached hydrogens (tertiary/aromatic N) is 3. The lowest BCUT2D eigenvalue weighted by Gasteiger charge is -2.36. The van der Waals surface area contributed by atoms with Gasteiger partial charge >= 0.3 is 0 Å². The molecule has 0 saturated carbocycles. The SMILES string of the molecule is CCN(CCC#N)S(=O)(=O)N1CC(C)CC(C)C1. The molecule has 1 heterocycles. The van der Waals surface area contributed by atoms with Crippen molar-refractivity contribution in [1.82, 2.24) is 8.61 Å². The van der Waals surface area contributed by atoms with Crippen LogP contribution in [0.2, 0.25) is 0 Å². The Morgan fingerprint density at radius 1 is 1.33 bits per heavy atom. The summed E-state index contributed by atoms with van der Waals surface area (Å²) < 4.78 is 27.9. The van der Waals surface area contributed by atoms with E-state index in [0.717, 1.165) is 6.42 Å². The lowest BCUT2D eigenvalue weighted by atomic mass is 9.94. The van der Waals surface area contributed by atoms with Gasteiger partial charge in [0.05, 0.1) is 6.07 Å². The Bertz CT molecular complexity index is 392. The van der Waals surface area contributed by atoms with Gasteiger partial charge in [-0.2, -0.15) is 22.3 Å². The maximum Gasteiger partial charge on any atom is 0.282 e. The summed E-state index contributed by atoms with van der Waals surface area (Å²) in [6.45, 7) is 7.88. The molecule has 18 heavy (non-hydrogen) atoms. The Labute approximate surface area is 111 Å². The highest BCUT2D eigenvalue weighted by Crippen LogP contribution is 2.24. The van der Waals surface area contributed by atoms with E-state index in [-0.39, 0.29) is 13.0 Å². The highest BCUT2D eigenvalue weighted by Gasteiger charge is 2.33. The molecular formula is C12H23N3O2S. The summed E-state index contributed by atoms with van der Waals surface area (Å²) in [6, 6.07) is 2.00. The van der Waals surface area contributed by atoms with Crippen molar-refractivity contribution in [1.29, 1.82) is 5.26 Å². The van der Waals surface area contributed by atoms with Crippen molar-refractivity contribution in [3.63, 3.8) is 0 Å². The standard InChI is InChI=1S/C12H23N3O2S/c1-4-14(7-5-6-13)18(16,17)15-9-11(2)8-12(3)10-15/h11-12H,4-5,7-10H2,1-3H3. The quantitative estimate of drug-likeness (QED) is 0.761. The molecule has 6 heteroatoms. The van der Waals surface area contributed by atoms with Crippen LogP contribution in [0, 0.1) is 23.2 Å². The van der Waals surface area contributed by atoms with Gasteiger partial charge in [-0.15, -0.1) is 0 Å². The zero-order valence-corrected chi connectivity index (χ0v) is 12.3. The Morgan fingerprint density at radius 3 is 2.33 bits per heavy atom. The summed E-state index contributed by atoms with van der Waals surface area (Å²) in [7, 11) is -3.40. The minimum Gasteiger partial charge on any atom is -0.198 e. The highest BCUT2D eigenvalue weighted by molar-refractivity contribution is 7.86. The summed E-state index contributed by atoms with van der Waals surface area (Å²) in [6.07, 6.45) is 1.32. The van der Waals surface area contributed by atoms with E-state index < -0.39 is 10.2 Å². The van der Waals surface area contributed by atoms with Crippen LogP contribution in [0.5, 0.6) is 0 Å². The molecule has 1 aliphatic rings. The molecule has 0 spiro atoms. The number of nitriles is 1. The number of hydrogen-bond donors (Lipinski definition) is 0. The average molecular weight is 273 g/mol. The first-order chi connectivity index (χ1) is 8.41. The second-order valence-electron chi connectivity index (χ2n) is 5.17. The van der Waals surface area contributed by atoms with Gasteiger partial charge in [0.25, 0.3) is 10.2 Å². The molecule has 1 aliphatic heterocycles. The second kappa shape index (κ2) is 6.50. The fraction of sp³-hybridized carbons (Fsp3) is 0.917. The first-order valence-corrected chi connectivity index (χ1v) is 7.93. The fourth-order valence-electron chi connectivity index (χ4n) is 2.57. The van der Waals surface area contributed by atoms with Crippen LogP contribution < -0.4 is 0 Å². The summed E-state index contributed by atoms with van der Waals surface area (Å²) in [5.41, 5.74) is 0. The van der Waals surface area contributed by atoms with Crippen LogP contribution in [0.4, 0.5) is 0 Å². The Morgan fingerprint density at radius 2 is 1.89 bits per heavy atom. The number of hydrogen-bond acceptors (Lipinski definition) is 3. The smallest absolute Gasteiger partial charge is 0.198 e. The first kappa shape index (κ1) is 15.4. The summed E-state index contributed by atoms with van der Waals surface area (Å²) >= 11 is 0. The van der Waals surface area contributed by atoms with Gasteiger partial charge in [-0.1, -0.05) is 20.8 Å². The molecule has 0 aromatic heterocycles. The molecular weight excluding hydrogens is 250 g/mol. The lowest BCUT2D eigenvalue weighted by Crippen LogP contribution is -2.49. The Kier molecular flexibility index (Phi) is 5.57. The fourth-order valence-corrected chi connectivity index (χ4v) is 4.43. The van der Waals surface area contributed by atoms with E-state index in [4.69, 9.17) is 5.26 Å². The van der Waals surface area contributed by atoms with Gasteiger partial charge in [0.1, 0.15) is 0 Å². The molecule has 1 fully saturated rings. The van der Waals surface area contributed by atoms with E-state index in [9.17, 15) is 8.42 Å². The molecule has 1 rings (SSSR count). The van der Waals surface area contributed by atoms with Gasteiger partial charge in [-0.25, -0.2) is 0 Å². The largest absolute Gasteiger partial charge is 0.282 e. The van der Waals surface area contributed by atoms with Crippen LogP contribution in [0.25, 0.3) is 0 Å². The second-order valence-corrected chi connectivity index (χ2v) is 7.10. The third-order valence-electron chi connectivity index (χ3n) is 3.31. The number of rotatable bonds is 5. The summed E-state index contributed by atoms with van der Waals surface area (Å²) in [5.74, 6) is 0.802. The summed E-state index contributed by atoms with van der Waals surface area (Å²) in [4.78, 5) is 0. The molecule has 0 aliphatic carbocycles. The van der Waals surface area contributed by atoms with E-state index in [1.165, 1.54) is 4.31 Å². The van der Waals surface area contributed by atoms with Crippen LogP contribution in [-0.2, 0) is 10.2 Å². The van der Waals surface area contributed by atoms with Crippen molar-refractivity contribution in [3.05, 3.63) is 0 Å². The minimum absolute atomic E-state index is 0.242. The van der Waals surface area contributed by atoms with Crippen LogP contribution in [0.3, 0.4) is 0 Å². The monoisotopic (exact) mass is 273 g/mol. The molecule has 0 radical (unpaired) electrons. The molecule has 0 amide bonds. The third kappa shape index (κ3) is 3.67. The minimum atomic E-state index is -3.40. The molecule has 5 nitrogen and oxygen atoms in total. The van der Waals surface area contributed by atoms with E-state index in [2.05, 4.69) is 13.8 Å². The van der Waals surface area contributed by atoms with Gasteiger partial charge in [-0.05, 0) is 18.3 Å². The van der Waals surface area contributed by atoms with E-state index in [1.807, 2.05) is 13.0 Å². The van der Waals surface area contributed by atoms with E-state index in [1.54, 1.807) is 4.31 Å². The molecule has 1 saturated heterocycles. The Hall–Kier alpha value is -0.640. The molecule has 2 atom stereocenters. The lowest BCUT2D eigenvalue weighted by molar-refractivity contribution is 0.209. The zero-order valence-electron chi connectivity index (χ0n) is 11.5. The average Bonchev–Trinajstić information content (AvgIpc) is 2.28. The van der Waals surface area contributed by atoms with Crippen LogP contribution in [0.1, 0.15) is 33.6 Å². The zero-order chi connectivity index (χ0) is 13.8. The first-order valence-electron chi connectivity index (χ1n) is 6.54. The van der Waals surface area contributed by atoms with Crippen molar-refractivity contribution in [2.45, 2.75) is 33.6 Å². The van der Waals surface area contributed by atoms with Crippen molar-refractivity contribution in [2.75, 3.05) is 26.2 Å². The van der Waals surface area contributed by atoms with Crippen molar-refractivity contribution in [2.24, 2.45) is 11.8 Å². The third-order valence-corrected chi connectivity index (χ3v) is 5.36. The maximum atomic E-state index is 12.5. The molecule has 0 N–H and O–H groups in total. The maximum absolute atomic E-state index is 12.5. The molecule has 2 unspecified atom stereocenters. The van der Waals surface area contributed by atoms with Crippen molar-refractivity contribution < 1.29 is 8.42 Å². The predicted molar refractivity (Wildman–Crippen MR) is 70.9 cm³/mol. The van der Waals surface area contributed by atoms with Gasteiger partial charge in [0.2, 0.25) is 0 Å². The predicted octanol–water partition coefficient (Wildman–Crippen LogP) is 1.44. The van der Waals surface area contributed by atoms with Crippen molar-refractivity contribution in [3.8, 4) is 6.07 Å². The topological polar surface area (TPSA) is 64.4 Å². The van der Waals surface area contributed by atoms with Gasteiger partial charge < -0.3 is 0 Å². The van der Waals surface area contributed by atoms with Crippen LogP contribution in [-0.4, -0.2) is 43.2 Å². The number of piperidine rings is 1. The molecule has 0 bridgehead atoms. The Balaban J connectivity index is 2.80. The summed E-state index contributed by atoms with van der Waals surface area (Å²) in [5, 5.41) is 8.59. The van der Waals surface area contributed by atoms with E-state index >= 15 is 0 Å².